The largest absolute Gasteiger partial charge is 0.324 e. The molecular formula is C26H24ClFN6O. The molecule has 178 valence electrons. The third-order valence-corrected chi connectivity index (χ3v) is 6.70. The Balaban J connectivity index is 1.34. The van der Waals surface area contributed by atoms with E-state index in [4.69, 9.17) is 16.7 Å². The van der Waals surface area contributed by atoms with Gasteiger partial charge in [0, 0.05) is 23.8 Å². The van der Waals surface area contributed by atoms with Gasteiger partial charge in [0.1, 0.15) is 5.82 Å². The number of piperidine rings is 1. The number of nitrogens with one attached hydrogen (secondary N) is 1. The molecule has 0 spiro atoms. The zero-order valence-electron chi connectivity index (χ0n) is 18.9. The number of amides is 2. The first kappa shape index (κ1) is 23.0. The molecule has 4 aromatic rings. The van der Waals surface area contributed by atoms with Gasteiger partial charge < -0.3 is 10.2 Å². The van der Waals surface area contributed by atoms with E-state index in [1.165, 1.54) is 12.1 Å². The second-order valence-electron chi connectivity index (χ2n) is 8.64. The fraction of sp³-hybridized carbons (Fsp3) is 0.231. The molecule has 0 radical (unpaired) electrons. The van der Waals surface area contributed by atoms with Crippen molar-refractivity contribution in [2.24, 2.45) is 0 Å². The van der Waals surface area contributed by atoms with Crippen LogP contribution in [0.25, 0.3) is 0 Å². The Hall–Kier alpha value is -3.78. The van der Waals surface area contributed by atoms with Crippen molar-refractivity contribution in [3.63, 3.8) is 0 Å². The van der Waals surface area contributed by atoms with E-state index >= 15 is 0 Å². The summed E-state index contributed by atoms with van der Waals surface area (Å²) >= 11 is 5.99. The molecule has 3 aromatic carbocycles. The van der Waals surface area contributed by atoms with Gasteiger partial charge in [-0.1, -0.05) is 54.1 Å². The van der Waals surface area contributed by atoms with Crippen molar-refractivity contribution in [2.75, 3.05) is 18.4 Å². The van der Waals surface area contributed by atoms with Crippen LogP contribution in [0.2, 0.25) is 5.02 Å². The Kier molecular flexibility index (Phi) is 6.46. The predicted molar refractivity (Wildman–Crippen MR) is 132 cm³/mol. The van der Waals surface area contributed by atoms with Gasteiger partial charge in [-0.2, -0.15) is 4.80 Å². The number of benzene rings is 3. The number of tetrazole rings is 1. The van der Waals surface area contributed by atoms with Crippen LogP contribution in [0.3, 0.4) is 0 Å². The highest BCUT2D eigenvalue weighted by Gasteiger charge is 2.42. The Labute approximate surface area is 207 Å². The van der Waals surface area contributed by atoms with E-state index < -0.39 is 5.41 Å². The molecule has 7 nitrogen and oxygen atoms in total. The molecule has 0 aliphatic carbocycles. The quantitative estimate of drug-likeness (QED) is 0.421. The van der Waals surface area contributed by atoms with Crippen molar-refractivity contribution in [1.29, 1.82) is 0 Å². The monoisotopic (exact) mass is 490 g/mol. The maximum Gasteiger partial charge on any atom is 0.321 e. The molecule has 2 heterocycles. The predicted octanol–water partition coefficient (Wildman–Crippen LogP) is 5.13. The minimum Gasteiger partial charge on any atom is -0.324 e. The lowest BCUT2D eigenvalue weighted by atomic mass is 9.72. The summed E-state index contributed by atoms with van der Waals surface area (Å²) in [6.07, 6.45) is 1.31. The molecule has 1 aromatic heterocycles. The minimum absolute atomic E-state index is 0.211. The molecule has 1 aliphatic rings. The SMILES string of the molecule is O=C(Nc1ccc(F)cc1)N1CCC(c2ccccc2)(c2nnn(Cc3ccc(Cl)cc3)n2)CC1. The second-order valence-corrected chi connectivity index (χ2v) is 9.08. The van der Waals surface area contributed by atoms with Crippen LogP contribution in [0, 0.1) is 5.82 Å². The lowest BCUT2D eigenvalue weighted by Gasteiger charge is -2.40. The summed E-state index contributed by atoms with van der Waals surface area (Å²) < 4.78 is 13.2. The van der Waals surface area contributed by atoms with Crippen LogP contribution in [0.5, 0.6) is 0 Å². The number of hydrogen-bond acceptors (Lipinski definition) is 4. The molecule has 35 heavy (non-hydrogen) atoms. The summed E-state index contributed by atoms with van der Waals surface area (Å²) in [7, 11) is 0. The van der Waals surface area contributed by atoms with Crippen molar-refractivity contribution >= 4 is 23.3 Å². The molecule has 0 atom stereocenters. The maximum atomic E-state index is 13.2. The molecule has 1 fully saturated rings. The van der Waals surface area contributed by atoms with Gasteiger partial charge in [-0.15, -0.1) is 10.2 Å². The molecule has 0 bridgehead atoms. The van der Waals surface area contributed by atoms with Crippen LogP contribution in [0.4, 0.5) is 14.9 Å². The molecule has 1 saturated heterocycles. The third-order valence-electron chi connectivity index (χ3n) is 6.44. The van der Waals surface area contributed by atoms with Gasteiger partial charge in [-0.25, -0.2) is 9.18 Å². The number of carbonyl (C=O) groups is 1. The first-order chi connectivity index (χ1) is 17.0. The Morgan fingerprint density at radius 1 is 0.971 bits per heavy atom. The highest BCUT2D eigenvalue weighted by Crippen LogP contribution is 2.40. The Bertz CT molecular complexity index is 1290. The summed E-state index contributed by atoms with van der Waals surface area (Å²) in [5, 5.41) is 17.0. The Morgan fingerprint density at radius 3 is 2.34 bits per heavy atom. The van der Waals surface area contributed by atoms with Crippen LogP contribution >= 0.6 is 11.6 Å². The molecule has 1 aliphatic heterocycles. The number of hydrogen-bond donors (Lipinski definition) is 1. The summed E-state index contributed by atoms with van der Waals surface area (Å²) in [6.45, 7) is 1.53. The number of carbonyl (C=O) groups excluding carboxylic acids is 1. The number of urea groups is 1. The van der Waals surface area contributed by atoms with Crippen LogP contribution in [-0.4, -0.2) is 44.2 Å². The van der Waals surface area contributed by atoms with E-state index in [1.54, 1.807) is 21.8 Å². The summed E-state index contributed by atoms with van der Waals surface area (Å²) in [5.74, 6) is 0.307. The van der Waals surface area contributed by atoms with Gasteiger partial charge in [0.2, 0.25) is 0 Å². The summed E-state index contributed by atoms with van der Waals surface area (Å²) in [6, 6.07) is 23.2. The molecule has 2 amide bonds. The molecule has 5 rings (SSSR count). The van der Waals surface area contributed by atoms with Crippen molar-refractivity contribution in [3.8, 4) is 0 Å². The van der Waals surface area contributed by atoms with Crippen LogP contribution in [0.1, 0.15) is 29.8 Å². The van der Waals surface area contributed by atoms with Gasteiger partial charge in [-0.05, 0) is 65.6 Å². The number of nitrogens with zero attached hydrogens (tertiary/aromatic N) is 5. The van der Waals surface area contributed by atoms with E-state index in [0.29, 0.717) is 49.0 Å². The maximum absolute atomic E-state index is 13.2. The van der Waals surface area contributed by atoms with Crippen LogP contribution in [-0.2, 0) is 12.0 Å². The standard InChI is InChI=1S/C26H24ClFN6O/c27-21-8-6-19(7-9-21)18-34-31-24(30-32-34)26(20-4-2-1-3-5-20)14-16-33(17-15-26)25(35)29-23-12-10-22(28)11-13-23/h1-13H,14-18H2,(H,29,35). The first-order valence-electron chi connectivity index (χ1n) is 11.4. The van der Waals surface area contributed by atoms with E-state index in [1.807, 2.05) is 42.5 Å². The topological polar surface area (TPSA) is 75.9 Å². The zero-order chi connectivity index (χ0) is 24.3. The smallest absolute Gasteiger partial charge is 0.321 e. The highest BCUT2D eigenvalue weighted by atomic mass is 35.5. The van der Waals surface area contributed by atoms with Gasteiger partial charge in [0.05, 0.1) is 12.0 Å². The summed E-state index contributed by atoms with van der Waals surface area (Å²) in [5.41, 5.74) is 2.23. The molecule has 1 N–H and O–H groups in total. The fourth-order valence-corrected chi connectivity index (χ4v) is 4.61. The third kappa shape index (κ3) is 5.02. The van der Waals surface area contributed by atoms with Crippen molar-refractivity contribution in [2.45, 2.75) is 24.8 Å². The second kappa shape index (κ2) is 9.84. The van der Waals surface area contributed by atoms with Crippen molar-refractivity contribution < 1.29 is 9.18 Å². The van der Waals surface area contributed by atoms with Crippen molar-refractivity contribution in [1.82, 2.24) is 25.1 Å². The van der Waals surface area contributed by atoms with Gasteiger partial charge in [-0.3, -0.25) is 0 Å². The van der Waals surface area contributed by atoms with E-state index in [2.05, 4.69) is 27.8 Å². The minimum atomic E-state index is -0.452. The highest BCUT2D eigenvalue weighted by molar-refractivity contribution is 6.30. The van der Waals surface area contributed by atoms with E-state index in [-0.39, 0.29) is 11.8 Å². The van der Waals surface area contributed by atoms with Crippen molar-refractivity contribution in [3.05, 3.63) is 107 Å². The first-order valence-corrected chi connectivity index (χ1v) is 11.8. The summed E-state index contributed by atoms with van der Waals surface area (Å²) in [4.78, 5) is 16.2. The molecule has 0 saturated carbocycles. The molecule has 9 heteroatoms. The number of halogens is 2. The normalized spacial score (nSPS) is 15.1. The fourth-order valence-electron chi connectivity index (χ4n) is 4.48. The van der Waals surface area contributed by atoms with Gasteiger partial charge >= 0.3 is 6.03 Å². The lowest BCUT2D eigenvalue weighted by molar-refractivity contribution is 0.177. The Morgan fingerprint density at radius 2 is 1.66 bits per heavy atom. The van der Waals surface area contributed by atoms with E-state index in [9.17, 15) is 9.18 Å². The average molecular weight is 491 g/mol. The van der Waals surface area contributed by atoms with E-state index in [0.717, 1.165) is 11.1 Å². The van der Waals surface area contributed by atoms with Gasteiger partial charge in [0.25, 0.3) is 0 Å². The number of aromatic nitrogens is 4. The zero-order valence-corrected chi connectivity index (χ0v) is 19.7. The lowest BCUT2D eigenvalue weighted by Crippen LogP contribution is -2.47. The van der Waals surface area contributed by atoms with Crippen LogP contribution in [0.15, 0.2) is 78.9 Å². The number of anilines is 1. The number of rotatable bonds is 5. The molecule has 0 unspecified atom stereocenters. The number of likely N-dealkylation sites (tertiary alicyclic amines) is 1. The van der Waals surface area contributed by atoms with Crippen LogP contribution < -0.4 is 5.32 Å². The van der Waals surface area contributed by atoms with Gasteiger partial charge in [0.15, 0.2) is 5.82 Å². The molecular weight excluding hydrogens is 467 g/mol. The average Bonchev–Trinajstić information content (AvgIpc) is 3.36.